The van der Waals surface area contributed by atoms with Crippen LogP contribution in [-0.4, -0.2) is 12.0 Å². The molecular weight excluding hydrogens is 261 g/mol. The van der Waals surface area contributed by atoms with Gasteiger partial charge < -0.3 is 5.32 Å². The summed E-state index contributed by atoms with van der Waals surface area (Å²) < 4.78 is 37.3. The average Bonchev–Trinajstić information content (AvgIpc) is 2.72. The van der Waals surface area contributed by atoms with Crippen LogP contribution in [0.1, 0.15) is 18.1 Å². The molecule has 1 aliphatic heterocycles. The molecule has 6 heteroatoms. The lowest BCUT2D eigenvalue weighted by Gasteiger charge is -2.24. The van der Waals surface area contributed by atoms with Crippen molar-refractivity contribution in [2.75, 3.05) is 7.05 Å². The van der Waals surface area contributed by atoms with Crippen LogP contribution in [0.4, 0.5) is 13.2 Å². The van der Waals surface area contributed by atoms with E-state index in [0.717, 1.165) is 23.4 Å². The van der Waals surface area contributed by atoms with Gasteiger partial charge in [-0.1, -0.05) is 23.9 Å². The van der Waals surface area contributed by atoms with Crippen LogP contribution in [-0.2, 0) is 6.18 Å². The SMILES string of the molecule is CNC1(C)NC(c2ccc(C(F)(F)F)cc2)=CS1. The summed E-state index contributed by atoms with van der Waals surface area (Å²) in [6.07, 6.45) is -4.29. The third-order valence-corrected chi connectivity index (χ3v) is 3.92. The van der Waals surface area contributed by atoms with Crippen LogP contribution in [0.5, 0.6) is 0 Å². The first-order valence-electron chi connectivity index (χ1n) is 5.37. The second kappa shape index (κ2) is 4.51. The number of nitrogens with one attached hydrogen (secondary N) is 2. The number of benzene rings is 1. The summed E-state index contributed by atoms with van der Waals surface area (Å²) in [5.74, 6) is 0. The Hall–Kier alpha value is -1.14. The third kappa shape index (κ3) is 2.64. The first-order valence-corrected chi connectivity index (χ1v) is 6.25. The molecule has 0 saturated carbocycles. The minimum absolute atomic E-state index is 0.308. The van der Waals surface area contributed by atoms with E-state index < -0.39 is 11.7 Å². The first-order chi connectivity index (χ1) is 8.34. The molecule has 2 N–H and O–H groups in total. The Labute approximate surface area is 108 Å². The molecule has 1 aromatic carbocycles. The molecule has 1 aliphatic rings. The summed E-state index contributed by atoms with van der Waals surface area (Å²) in [5.41, 5.74) is 0.939. The molecule has 18 heavy (non-hydrogen) atoms. The van der Waals surface area contributed by atoms with Gasteiger partial charge in [0, 0.05) is 5.70 Å². The fraction of sp³-hybridized carbons (Fsp3) is 0.333. The molecule has 0 amide bonds. The van der Waals surface area contributed by atoms with E-state index in [4.69, 9.17) is 0 Å². The topological polar surface area (TPSA) is 24.1 Å². The maximum Gasteiger partial charge on any atom is 0.416 e. The van der Waals surface area contributed by atoms with Crippen LogP contribution in [0.25, 0.3) is 5.70 Å². The molecule has 0 saturated heterocycles. The monoisotopic (exact) mass is 274 g/mol. The summed E-state index contributed by atoms with van der Waals surface area (Å²) in [4.78, 5) is -0.308. The molecule has 0 spiro atoms. The fourth-order valence-electron chi connectivity index (χ4n) is 1.59. The van der Waals surface area contributed by atoms with E-state index in [1.54, 1.807) is 11.8 Å². The van der Waals surface area contributed by atoms with Gasteiger partial charge in [-0.05, 0) is 37.1 Å². The van der Waals surface area contributed by atoms with Gasteiger partial charge in [0.15, 0.2) is 0 Å². The van der Waals surface area contributed by atoms with Crippen LogP contribution in [0.3, 0.4) is 0 Å². The van der Waals surface area contributed by atoms with E-state index in [-0.39, 0.29) is 4.99 Å². The van der Waals surface area contributed by atoms with Crippen molar-refractivity contribution in [2.24, 2.45) is 0 Å². The summed E-state index contributed by atoms with van der Waals surface area (Å²) in [5, 5.41) is 8.22. The molecule has 1 aromatic rings. The predicted molar refractivity (Wildman–Crippen MR) is 67.6 cm³/mol. The normalized spacial score (nSPS) is 23.7. The summed E-state index contributed by atoms with van der Waals surface area (Å²) in [6, 6.07) is 5.14. The standard InChI is InChI=1S/C12H13F3N2S/c1-11(16-2)17-10(7-18-11)8-3-5-9(6-4-8)12(13,14)15/h3-7,16-17H,1-2H3. The molecule has 0 aromatic heterocycles. The smallest absolute Gasteiger partial charge is 0.358 e. The maximum atomic E-state index is 12.4. The molecule has 0 radical (unpaired) electrons. The maximum absolute atomic E-state index is 12.4. The highest BCUT2D eigenvalue weighted by atomic mass is 32.2. The van der Waals surface area contributed by atoms with Gasteiger partial charge in [0.25, 0.3) is 0 Å². The molecule has 2 rings (SSSR count). The number of hydrogen-bond acceptors (Lipinski definition) is 3. The summed E-state index contributed by atoms with van der Waals surface area (Å²) in [7, 11) is 1.82. The van der Waals surface area contributed by atoms with Crippen LogP contribution in [0.2, 0.25) is 0 Å². The molecule has 0 aliphatic carbocycles. The van der Waals surface area contributed by atoms with Gasteiger partial charge in [-0.15, -0.1) is 0 Å². The second-order valence-electron chi connectivity index (χ2n) is 4.13. The van der Waals surface area contributed by atoms with Gasteiger partial charge in [-0.3, -0.25) is 5.32 Å². The Balaban J connectivity index is 2.17. The zero-order chi connectivity index (χ0) is 13.4. The number of hydrogen-bond donors (Lipinski definition) is 2. The van der Waals surface area contributed by atoms with Gasteiger partial charge in [0.05, 0.1) is 5.56 Å². The van der Waals surface area contributed by atoms with E-state index in [9.17, 15) is 13.2 Å². The van der Waals surface area contributed by atoms with Crippen LogP contribution in [0.15, 0.2) is 29.7 Å². The van der Waals surface area contributed by atoms with E-state index in [2.05, 4.69) is 10.6 Å². The van der Waals surface area contributed by atoms with Crippen LogP contribution >= 0.6 is 11.8 Å². The molecule has 1 unspecified atom stereocenters. The Kier molecular flexibility index (Phi) is 3.33. The van der Waals surface area contributed by atoms with Gasteiger partial charge in [-0.25, -0.2) is 0 Å². The number of thioether (sulfide) groups is 1. The molecule has 1 atom stereocenters. The second-order valence-corrected chi connectivity index (χ2v) is 5.42. The highest BCUT2D eigenvalue weighted by molar-refractivity contribution is 8.03. The Bertz CT molecular complexity index is 467. The van der Waals surface area contributed by atoms with Crippen molar-refractivity contribution in [2.45, 2.75) is 18.1 Å². The summed E-state index contributed by atoms with van der Waals surface area (Å²) in [6.45, 7) is 1.96. The van der Waals surface area contributed by atoms with Crippen molar-refractivity contribution < 1.29 is 13.2 Å². The lowest BCUT2D eigenvalue weighted by molar-refractivity contribution is -0.137. The molecular formula is C12H13F3N2S. The minimum Gasteiger partial charge on any atom is -0.358 e. The van der Waals surface area contributed by atoms with Crippen LogP contribution in [0, 0.1) is 0 Å². The largest absolute Gasteiger partial charge is 0.416 e. The van der Waals surface area contributed by atoms with Gasteiger partial charge in [0.1, 0.15) is 4.99 Å². The van der Waals surface area contributed by atoms with Crippen molar-refractivity contribution >= 4 is 17.5 Å². The lowest BCUT2D eigenvalue weighted by Crippen LogP contribution is -2.45. The summed E-state index contributed by atoms with van der Waals surface area (Å²) >= 11 is 1.55. The Morgan fingerprint density at radius 3 is 2.28 bits per heavy atom. The number of rotatable bonds is 2. The van der Waals surface area contributed by atoms with Gasteiger partial charge in [0.2, 0.25) is 0 Å². The van der Waals surface area contributed by atoms with Crippen molar-refractivity contribution in [3.8, 4) is 0 Å². The van der Waals surface area contributed by atoms with E-state index in [1.807, 2.05) is 19.4 Å². The quantitative estimate of drug-likeness (QED) is 0.866. The molecule has 1 heterocycles. The van der Waals surface area contributed by atoms with Crippen LogP contribution < -0.4 is 10.6 Å². The molecule has 98 valence electrons. The van der Waals surface area contributed by atoms with Gasteiger partial charge in [-0.2, -0.15) is 13.2 Å². The highest BCUT2D eigenvalue weighted by Gasteiger charge is 2.31. The van der Waals surface area contributed by atoms with E-state index in [0.29, 0.717) is 0 Å². The lowest BCUT2D eigenvalue weighted by atomic mass is 10.1. The Morgan fingerprint density at radius 1 is 1.22 bits per heavy atom. The predicted octanol–water partition coefficient (Wildman–Crippen LogP) is 3.23. The van der Waals surface area contributed by atoms with Crippen molar-refractivity contribution in [3.05, 3.63) is 40.8 Å². The van der Waals surface area contributed by atoms with E-state index in [1.165, 1.54) is 12.1 Å². The molecule has 2 nitrogen and oxygen atoms in total. The first kappa shape index (κ1) is 13.3. The van der Waals surface area contributed by atoms with Crippen molar-refractivity contribution in [3.63, 3.8) is 0 Å². The minimum atomic E-state index is -4.29. The van der Waals surface area contributed by atoms with E-state index >= 15 is 0 Å². The average molecular weight is 274 g/mol. The number of halogens is 3. The van der Waals surface area contributed by atoms with Crippen molar-refractivity contribution in [1.82, 2.24) is 10.6 Å². The number of alkyl halides is 3. The van der Waals surface area contributed by atoms with Gasteiger partial charge >= 0.3 is 6.18 Å². The fourth-order valence-corrected chi connectivity index (χ4v) is 2.43. The molecule has 0 bridgehead atoms. The molecule has 0 fully saturated rings. The third-order valence-electron chi connectivity index (χ3n) is 2.79. The Morgan fingerprint density at radius 2 is 1.83 bits per heavy atom. The highest BCUT2D eigenvalue weighted by Crippen LogP contribution is 2.34. The zero-order valence-corrected chi connectivity index (χ0v) is 10.7. The zero-order valence-electron chi connectivity index (χ0n) is 9.93. The van der Waals surface area contributed by atoms with Crippen molar-refractivity contribution in [1.29, 1.82) is 0 Å².